The molecule has 6 heteroatoms. The smallest absolute Gasteiger partial charge is 0.271 e. The number of carbonyl (C=O) groups is 1. The number of thioether (sulfide) groups is 1. The number of benzene rings is 4. The number of anilines is 1. The van der Waals surface area contributed by atoms with Crippen molar-refractivity contribution in [1.29, 1.82) is 0 Å². The van der Waals surface area contributed by atoms with Gasteiger partial charge in [0.2, 0.25) is 0 Å². The Morgan fingerprint density at radius 3 is 2.24 bits per heavy atom. The number of nitrogens with zero attached hydrogens (tertiary/aromatic N) is 2. The zero-order valence-electron chi connectivity index (χ0n) is 20.5. The van der Waals surface area contributed by atoms with Gasteiger partial charge in [-0.05, 0) is 68.1 Å². The van der Waals surface area contributed by atoms with Gasteiger partial charge in [0.1, 0.15) is 12.4 Å². The van der Waals surface area contributed by atoms with Gasteiger partial charge in [-0.3, -0.25) is 9.69 Å². The molecule has 37 heavy (non-hydrogen) atoms. The maximum atomic E-state index is 13.7. The molecule has 0 saturated carbocycles. The summed E-state index contributed by atoms with van der Waals surface area (Å²) in [5, 5.41) is 1.27. The molecule has 1 amide bonds. The minimum atomic E-state index is -0.124. The Kier molecular flexibility index (Phi) is 7.45. The molecule has 184 valence electrons. The minimum absolute atomic E-state index is 0.124. The first-order chi connectivity index (χ1) is 18.0. The molecular formula is C31H25ClN2O2S. The van der Waals surface area contributed by atoms with Gasteiger partial charge in [0.15, 0.2) is 5.17 Å². The number of hydrogen-bond acceptors (Lipinski definition) is 4. The van der Waals surface area contributed by atoms with Crippen LogP contribution in [0.5, 0.6) is 5.75 Å². The number of ether oxygens (including phenoxy) is 1. The summed E-state index contributed by atoms with van der Waals surface area (Å²) in [6.45, 7) is 4.39. The molecule has 0 unspecified atom stereocenters. The van der Waals surface area contributed by atoms with Crippen LogP contribution in [0.1, 0.15) is 22.3 Å². The van der Waals surface area contributed by atoms with Gasteiger partial charge in [0.25, 0.3) is 5.91 Å². The van der Waals surface area contributed by atoms with Crippen LogP contribution in [0.3, 0.4) is 0 Å². The molecule has 1 aliphatic rings. The van der Waals surface area contributed by atoms with Gasteiger partial charge < -0.3 is 4.74 Å². The Labute approximate surface area is 226 Å². The first kappa shape index (κ1) is 24.9. The van der Waals surface area contributed by atoms with Gasteiger partial charge in [-0.2, -0.15) is 0 Å². The van der Waals surface area contributed by atoms with Crippen LogP contribution in [-0.2, 0) is 11.4 Å². The molecule has 0 atom stereocenters. The molecule has 1 fully saturated rings. The van der Waals surface area contributed by atoms with Crippen molar-refractivity contribution < 1.29 is 9.53 Å². The summed E-state index contributed by atoms with van der Waals surface area (Å²) in [7, 11) is 0. The SMILES string of the molecule is Cc1ccc(N=C2S/C(=C\c3ccccc3OCc3ccccc3Cl)C(=O)N2c2ccc(C)cc2)cc1. The molecule has 1 heterocycles. The molecule has 1 saturated heterocycles. The van der Waals surface area contributed by atoms with Crippen molar-refractivity contribution in [1.82, 2.24) is 0 Å². The third-order valence-corrected chi connectivity index (χ3v) is 7.24. The van der Waals surface area contributed by atoms with E-state index < -0.39 is 0 Å². The van der Waals surface area contributed by atoms with Crippen LogP contribution >= 0.6 is 23.4 Å². The second kappa shape index (κ2) is 11.1. The highest BCUT2D eigenvalue weighted by Gasteiger charge is 2.35. The Balaban J connectivity index is 1.49. The van der Waals surface area contributed by atoms with Crippen molar-refractivity contribution >= 4 is 51.9 Å². The fraction of sp³-hybridized carbons (Fsp3) is 0.0968. The molecule has 0 aliphatic carbocycles. The Hall–Kier alpha value is -3.80. The number of para-hydroxylation sites is 1. The molecule has 5 rings (SSSR count). The van der Waals surface area contributed by atoms with E-state index in [1.165, 1.54) is 11.8 Å². The Morgan fingerprint density at radius 2 is 1.51 bits per heavy atom. The van der Waals surface area contributed by atoms with E-state index in [0.29, 0.717) is 27.5 Å². The van der Waals surface area contributed by atoms with Gasteiger partial charge in [0.05, 0.1) is 16.3 Å². The van der Waals surface area contributed by atoms with Gasteiger partial charge in [-0.1, -0.05) is 83.4 Å². The highest BCUT2D eigenvalue weighted by atomic mass is 35.5. The van der Waals surface area contributed by atoms with E-state index in [4.69, 9.17) is 21.3 Å². The fourth-order valence-electron chi connectivity index (χ4n) is 3.84. The first-order valence-electron chi connectivity index (χ1n) is 11.9. The maximum Gasteiger partial charge on any atom is 0.271 e. The van der Waals surface area contributed by atoms with Gasteiger partial charge >= 0.3 is 0 Å². The van der Waals surface area contributed by atoms with Crippen LogP contribution < -0.4 is 9.64 Å². The van der Waals surface area contributed by atoms with E-state index in [2.05, 4.69) is 0 Å². The van der Waals surface area contributed by atoms with Crippen molar-refractivity contribution in [2.75, 3.05) is 4.90 Å². The lowest BCUT2D eigenvalue weighted by Gasteiger charge is -2.16. The first-order valence-corrected chi connectivity index (χ1v) is 13.1. The fourth-order valence-corrected chi connectivity index (χ4v) is 5.03. The number of aryl methyl sites for hydroxylation is 2. The molecule has 0 radical (unpaired) electrons. The zero-order chi connectivity index (χ0) is 25.8. The number of halogens is 1. The number of carbonyl (C=O) groups excluding carboxylic acids is 1. The van der Waals surface area contributed by atoms with Gasteiger partial charge in [0, 0.05) is 16.1 Å². The lowest BCUT2D eigenvalue weighted by Crippen LogP contribution is -2.28. The lowest BCUT2D eigenvalue weighted by atomic mass is 10.1. The number of aliphatic imine (C=N–C) groups is 1. The number of amidine groups is 1. The van der Waals surface area contributed by atoms with Crippen LogP contribution in [0.15, 0.2) is 107 Å². The second-order valence-electron chi connectivity index (χ2n) is 8.73. The summed E-state index contributed by atoms with van der Waals surface area (Å²) >= 11 is 7.66. The van der Waals surface area contributed by atoms with E-state index in [0.717, 1.165) is 33.6 Å². The van der Waals surface area contributed by atoms with Crippen LogP contribution in [0, 0.1) is 13.8 Å². The Bertz CT molecular complexity index is 1490. The van der Waals surface area contributed by atoms with Crippen molar-refractivity contribution in [2.45, 2.75) is 20.5 Å². The van der Waals surface area contributed by atoms with Crippen LogP contribution in [-0.4, -0.2) is 11.1 Å². The standard InChI is InChI=1S/C31H25ClN2O2S/c1-21-11-15-25(16-12-21)33-31-34(26-17-13-22(2)14-18-26)30(35)29(37-31)19-23-7-4-6-10-28(23)36-20-24-8-3-5-9-27(24)32/h3-19H,20H2,1-2H3/b29-19-,33-31?. The van der Waals surface area contributed by atoms with E-state index in [1.807, 2.05) is 117 Å². The quantitative estimate of drug-likeness (QED) is 0.238. The summed E-state index contributed by atoms with van der Waals surface area (Å²) in [6, 6.07) is 31.1. The maximum absolute atomic E-state index is 13.7. The third kappa shape index (κ3) is 5.79. The van der Waals surface area contributed by atoms with Crippen LogP contribution in [0.4, 0.5) is 11.4 Å². The van der Waals surface area contributed by atoms with Gasteiger partial charge in [-0.25, -0.2) is 4.99 Å². The van der Waals surface area contributed by atoms with E-state index in [9.17, 15) is 4.79 Å². The molecule has 4 aromatic carbocycles. The predicted molar refractivity (Wildman–Crippen MR) is 155 cm³/mol. The number of hydrogen-bond donors (Lipinski definition) is 0. The molecule has 0 aromatic heterocycles. The van der Waals surface area contributed by atoms with Crippen molar-refractivity contribution in [2.24, 2.45) is 4.99 Å². The highest BCUT2D eigenvalue weighted by Crippen LogP contribution is 2.38. The average molecular weight is 525 g/mol. The largest absolute Gasteiger partial charge is 0.488 e. The van der Waals surface area contributed by atoms with Crippen LogP contribution in [0.2, 0.25) is 5.02 Å². The van der Waals surface area contributed by atoms with Crippen LogP contribution in [0.25, 0.3) is 6.08 Å². The number of rotatable bonds is 6. The summed E-state index contributed by atoms with van der Waals surface area (Å²) in [4.78, 5) is 20.8. The monoisotopic (exact) mass is 524 g/mol. The van der Waals surface area contributed by atoms with Crippen molar-refractivity contribution in [3.63, 3.8) is 0 Å². The summed E-state index contributed by atoms with van der Waals surface area (Å²) < 4.78 is 6.11. The topological polar surface area (TPSA) is 41.9 Å². The van der Waals surface area contributed by atoms with E-state index >= 15 is 0 Å². The minimum Gasteiger partial charge on any atom is -0.488 e. The molecule has 0 spiro atoms. The van der Waals surface area contributed by atoms with E-state index in [-0.39, 0.29) is 5.91 Å². The molecule has 0 bridgehead atoms. The van der Waals surface area contributed by atoms with Gasteiger partial charge in [-0.15, -0.1) is 0 Å². The molecule has 4 nitrogen and oxygen atoms in total. The van der Waals surface area contributed by atoms with Crippen molar-refractivity contribution in [3.05, 3.63) is 129 Å². The van der Waals surface area contributed by atoms with Crippen molar-refractivity contribution in [3.8, 4) is 5.75 Å². The summed E-state index contributed by atoms with van der Waals surface area (Å²) in [6.07, 6.45) is 1.87. The van der Waals surface area contributed by atoms with E-state index in [1.54, 1.807) is 4.90 Å². The highest BCUT2D eigenvalue weighted by molar-refractivity contribution is 8.19. The normalized spacial score (nSPS) is 15.5. The summed E-state index contributed by atoms with van der Waals surface area (Å²) in [5.41, 5.74) is 5.56. The summed E-state index contributed by atoms with van der Waals surface area (Å²) in [5.74, 6) is 0.551. The molecule has 0 N–H and O–H groups in total. The Morgan fingerprint density at radius 1 is 0.865 bits per heavy atom. The molecule has 1 aliphatic heterocycles. The zero-order valence-corrected chi connectivity index (χ0v) is 22.1. The lowest BCUT2D eigenvalue weighted by molar-refractivity contribution is -0.113. The average Bonchev–Trinajstić information content (AvgIpc) is 3.20. The predicted octanol–water partition coefficient (Wildman–Crippen LogP) is 8.34. The second-order valence-corrected chi connectivity index (χ2v) is 10.2. The molecular weight excluding hydrogens is 500 g/mol. The number of amides is 1. The third-order valence-electron chi connectivity index (χ3n) is 5.90. The molecule has 4 aromatic rings.